The predicted octanol–water partition coefficient (Wildman–Crippen LogP) is 3.24. The molecule has 1 saturated carbocycles. The van der Waals surface area contributed by atoms with Gasteiger partial charge in [-0.25, -0.2) is 4.39 Å². The minimum absolute atomic E-state index is 0.0515. The van der Waals surface area contributed by atoms with Gasteiger partial charge in [0.05, 0.1) is 6.42 Å². The van der Waals surface area contributed by atoms with Crippen LogP contribution in [0.1, 0.15) is 44.1 Å². The van der Waals surface area contributed by atoms with Gasteiger partial charge in [-0.15, -0.1) is 0 Å². The fraction of sp³-hybridized carbons (Fsp3) is 0.632. The molecule has 0 radical (unpaired) electrons. The Morgan fingerprint density at radius 3 is 2.30 bits per heavy atom. The molecule has 0 N–H and O–H groups in total. The average molecular weight is 318 g/mol. The summed E-state index contributed by atoms with van der Waals surface area (Å²) < 4.78 is 13.7. The second-order valence-electron chi connectivity index (χ2n) is 6.83. The van der Waals surface area contributed by atoms with Gasteiger partial charge >= 0.3 is 0 Å². The van der Waals surface area contributed by atoms with Crippen LogP contribution in [0, 0.1) is 5.82 Å². The first-order valence-electron chi connectivity index (χ1n) is 8.99. The van der Waals surface area contributed by atoms with Crippen LogP contribution in [-0.4, -0.2) is 47.9 Å². The lowest BCUT2D eigenvalue weighted by molar-refractivity contribution is -0.132. The Bertz CT molecular complexity index is 518. The third-order valence-corrected chi connectivity index (χ3v) is 5.31. The van der Waals surface area contributed by atoms with Crippen LogP contribution in [-0.2, 0) is 11.2 Å². The highest BCUT2D eigenvalue weighted by Gasteiger charge is 2.26. The largest absolute Gasteiger partial charge is 0.340 e. The molecular formula is C19H27FN2O. The number of hydrogen-bond donors (Lipinski definition) is 0. The number of benzene rings is 1. The third-order valence-electron chi connectivity index (χ3n) is 5.31. The van der Waals surface area contributed by atoms with Crippen LogP contribution in [0.15, 0.2) is 24.3 Å². The molecule has 126 valence electrons. The van der Waals surface area contributed by atoms with Gasteiger partial charge in [0, 0.05) is 32.2 Å². The van der Waals surface area contributed by atoms with E-state index in [2.05, 4.69) is 4.90 Å². The summed E-state index contributed by atoms with van der Waals surface area (Å²) in [5.41, 5.74) is 0.503. The van der Waals surface area contributed by atoms with Crippen LogP contribution in [0.2, 0.25) is 0 Å². The van der Waals surface area contributed by atoms with Gasteiger partial charge in [-0.3, -0.25) is 9.69 Å². The van der Waals surface area contributed by atoms with E-state index in [0.29, 0.717) is 11.6 Å². The van der Waals surface area contributed by atoms with E-state index >= 15 is 0 Å². The first-order chi connectivity index (χ1) is 11.2. The van der Waals surface area contributed by atoms with Gasteiger partial charge in [0.15, 0.2) is 0 Å². The molecule has 2 aliphatic rings. The highest BCUT2D eigenvalue weighted by molar-refractivity contribution is 5.79. The Morgan fingerprint density at radius 2 is 1.65 bits per heavy atom. The van der Waals surface area contributed by atoms with Gasteiger partial charge in [0.2, 0.25) is 5.91 Å². The molecule has 1 aliphatic heterocycles. The predicted molar refractivity (Wildman–Crippen MR) is 89.7 cm³/mol. The monoisotopic (exact) mass is 318 g/mol. The molecule has 4 heteroatoms. The Morgan fingerprint density at radius 1 is 1.00 bits per heavy atom. The molecule has 0 unspecified atom stereocenters. The molecule has 1 amide bonds. The average Bonchev–Trinajstić information content (AvgIpc) is 2.86. The molecule has 0 bridgehead atoms. The van der Waals surface area contributed by atoms with Crippen molar-refractivity contribution in [2.75, 3.05) is 26.2 Å². The van der Waals surface area contributed by atoms with Gasteiger partial charge < -0.3 is 4.90 Å². The van der Waals surface area contributed by atoms with Crippen LogP contribution in [0.3, 0.4) is 0 Å². The van der Waals surface area contributed by atoms with Gasteiger partial charge in [-0.2, -0.15) is 0 Å². The van der Waals surface area contributed by atoms with Crippen LogP contribution in [0.25, 0.3) is 0 Å². The van der Waals surface area contributed by atoms with E-state index in [1.807, 2.05) is 4.90 Å². The summed E-state index contributed by atoms with van der Waals surface area (Å²) in [4.78, 5) is 16.9. The number of piperazine rings is 1. The third kappa shape index (κ3) is 4.31. The van der Waals surface area contributed by atoms with Crippen molar-refractivity contribution in [3.05, 3.63) is 35.6 Å². The maximum Gasteiger partial charge on any atom is 0.227 e. The molecule has 1 aliphatic carbocycles. The Balaban J connectivity index is 1.50. The van der Waals surface area contributed by atoms with Crippen LogP contribution >= 0.6 is 0 Å². The first kappa shape index (κ1) is 16.4. The molecule has 23 heavy (non-hydrogen) atoms. The van der Waals surface area contributed by atoms with Crippen LogP contribution < -0.4 is 0 Å². The van der Waals surface area contributed by atoms with E-state index in [9.17, 15) is 9.18 Å². The van der Waals surface area contributed by atoms with Crippen molar-refractivity contribution >= 4 is 5.91 Å². The quantitative estimate of drug-likeness (QED) is 0.799. The second kappa shape index (κ2) is 7.91. The van der Waals surface area contributed by atoms with E-state index in [-0.39, 0.29) is 18.1 Å². The highest BCUT2D eigenvalue weighted by Crippen LogP contribution is 2.23. The fourth-order valence-corrected chi connectivity index (χ4v) is 3.88. The van der Waals surface area contributed by atoms with Gasteiger partial charge in [-0.05, 0) is 24.5 Å². The Kier molecular flexibility index (Phi) is 5.65. The number of halogens is 1. The summed E-state index contributed by atoms with van der Waals surface area (Å²) in [6, 6.07) is 7.29. The summed E-state index contributed by atoms with van der Waals surface area (Å²) in [5.74, 6) is -0.228. The maximum atomic E-state index is 13.7. The zero-order chi connectivity index (χ0) is 16.1. The molecule has 1 aromatic rings. The van der Waals surface area contributed by atoms with Crippen molar-refractivity contribution in [1.29, 1.82) is 0 Å². The Hall–Kier alpha value is -1.42. The van der Waals surface area contributed by atoms with Crippen LogP contribution in [0.4, 0.5) is 4.39 Å². The van der Waals surface area contributed by atoms with Crippen molar-refractivity contribution in [1.82, 2.24) is 9.80 Å². The number of hydrogen-bond acceptors (Lipinski definition) is 2. The van der Waals surface area contributed by atoms with Crippen molar-refractivity contribution in [2.24, 2.45) is 0 Å². The van der Waals surface area contributed by atoms with Gasteiger partial charge in [0.1, 0.15) is 5.82 Å². The molecule has 0 spiro atoms. The SMILES string of the molecule is O=C(Cc1ccccc1F)N1CCN(C2CCCCCC2)CC1. The number of amides is 1. The van der Waals surface area contributed by atoms with Gasteiger partial charge in [0.25, 0.3) is 0 Å². The smallest absolute Gasteiger partial charge is 0.227 e. The number of carbonyl (C=O) groups excluding carboxylic acids is 1. The molecular weight excluding hydrogens is 291 g/mol. The standard InChI is InChI=1S/C19H27FN2O/c20-18-10-6-5-7-16(18)15-19(23)22-13-11-21(12-14-22)17-8-3-1-2-4-9-17/h5-7,10,17H,1-4,8-9,11-15H2. The summed E-state index contributed by atoms with van der Waals surface area (Å²) in [6.45, 7) is 3.49. The zero-order valence-corrected chi connectivity index (χ0v) is 13.8. The highest BCUT2D eigenvalue weighted by atomic mass is 19.1. The summed E-state index contributed by atoms with van der Waals surface area (Å²) in [6.07, 6.45) is 8.23. The summed E-state index contributed by atoms with van der Waals surface area (Å²) in [5, 5.41) is 0. The summed E-state index contributed by atoms with van der Waals surface area (Å²) in [7, 11) is 0. The second-order valence-corrected chi connectivity index (χ2v) is 6.83. The minimum Gasteiger partial charge on any atom is -0.340 e. The first-order valence-corrected chi connectivity index (χ1v) is 8.99. The zero-order valence-electron chi connectivity index (χ0n) is 13.8. The van der Waals surface area contributed by atoms with E-state index in [4.69, 9.17) is 0 Å². The number of nitrogens with zero attached hydrogens (tertiary/aromatic N) is 2. The molecule has 1 saturated heterocycles. The molecule has 0 atom stereocenters. The van der Waals surface area contributed by atoms with Crippen LogP contribution in [0.5, 0.6) is 0 Å². The Labute approximate surface area is 138 Å². The van der Waals surface area contributed by atoms with Crippen molar-refractivity contribution in [3.63, 3.8) is 0 Å². The molecule has 0 aromatic heterocycles. The van der Waals surface area contributed by atoms with Crippen molar-refractivity contribution in [2.45, 2.75) is 51.0 Å². The van der Waals surface area contributed by atoms with Gasteiger partial charge in [-0.1, -0.05) is 43.9 Å². The molecule has 2 fully saturated rings. The van der Waals surface area contributed by atoms with Crippen molar-refractivity contribution in [3.8, 4) is 0 Å². The molecule has 3 rings (SSSR count). The number of carbonyl (C=O) groups is 1. The van der Waals surface area contributed by atoms with E-state index in [1.165, 1.54) is 44.6 Å². The molecule has 3 nitrogen and oxygen atoms in total. The van der Waals surface area contributed by atoms with E-state index in [1.54, 1.807) is 18.2 Å². The minimum atomic E-state index is -0.280. The molecule has 1 heterocycles. The molecule has 1 aromatic carbocycles. The number of rotatable bonds is 3. The van der Waals surface area contributed by atoms with E-state index < -0.39 is 0 Å². The van der Waals surface area contributed by atoms with Crippen molar-refractivity contribution < 1.29 is 9.18 Å². The summed E-state index contributed by atoms with van der Waals surface area (Å²) >= 11 is 0. The maximum absolute atomic E-state index is 13.7. The normalized spacial score (nSPS) is 21.2. The lowest BCUT2D eigenvalue weighted by atomic mass is 10.1. The lowest BCUT2D eigenvalue weighted by Crippen LogP contribution is -2.52. The van der Waals surface area contributed by atoms with E-state index in [0.717, 1.165) is 26.2 Å². The topological polar surface area (TPSA) is 23.6 Å². The fourth-order valence-electron chi connectivity index (χ4n) is 3.88. The lowest BCUT2D eigenvalue weighted by Gasteiger charge is -2.39.